The standard InChI is InChI=1S/C13H15NO2/c1-9-7-10(8-16-9)13(14)11-5-3-4-6-12(11)15-2/h3-8,13H,14H2,1-2H3. The predicted molar refractivity (Wildman–Crippen MR) is 62.5 cm³/mol. The lowest BCUT2D eigenvalue weighted by molar-refractivity contribution is 0.407. The van der Waals surface area contributed by atoms with Crippen LogP contribution in [0.1, 0.15) is 22.9 Å². The molecule has 16 heavy (non-hydrogen) atoms. The highest BCUT2D eigenvalue weighted by atomic mass is 16.5. The van der Waals surface area contributed by atoms with Crippen LogP contribution in [0, 0.1) is 6.92 Å². The van der Waals surface area contributed by atoms with Gasteiger partial charge in [-0.25, -0.2) is 0 Å². The maximum Gasteiger partial charge on any atom is 0.123 e. The number of benzene rings is 1. The van der Waals surface area contributed by atoms with Crippen LogP contribution in [-0.4, -0.2) is 7.11 Å². The number of hydrogen-bond acceptors (Lipinski definition) is 3. The van der Waals surface area contributed by atoms with Crippen molar-refractivity contribution in [3.8, 4) is 5.75 Å². The Hall–Kier alpha value is -1.74. The lowest BCUT2D eigenvalue weighted by Crippen LogP contribution is -2.12. The Morgan fingerprint density at radius 2 is 2.06 bits per heavy atom. The third kappa shape index (κ3) is 1.95. The van der Waals surface area contributed by atoms with Gasteiger partial charge in [-0.1, -0.05) is 18.2 Å². The van der Waals surface area contributed by atoms with Gasteiger partial charge in [0.05, 0.1) is 19.4 Å². The molecule has 2 N–H and O–H groups in total. The molecule has 1 atom stereocenters. The zero-order valence-corrected chi connectivity index (χ0v) is 9.44. The molecule has 0 aliphatic carbocycles. The first kappa shape index (κ1) is 10.8. The summed E-state index contributed by atoms with van der Waals surface area (Å²) in [5, 5.41) is 0. The fraction of sp³-hybridized carbons (Fsp3) is 0.231. The van der Waals surface area contributed by atoms with Crippen molar-refractivity contribution in [2.24, 2.45) is 5.73 Å². The quantitative estimate of drug-likeness (QED) is 0.859. The van der Waals surface area contributed by atoms with Crippen LogP contribution in [0.4, 0.5) is 0 Å². The van der Waals surface area contributed by atoms with E-state index in [0.29, 0.717) is 0 Å². The molecule has 0 spiro atoms. The number of ether oxygens (including phenoxy) is 1. The minimum atomic E-state index is -0.214. The summed E-state index contributed by atoms with van der Waals surface area (Å²) in [7, 11) is 1.65. The van der Waals surface area contributed by atoms with E-state index in [1.165, 1.54) is 0 Å². The topological polar surface area (TPSA) is 48.4 Å². The van der Waals surface area contributed by atoms with Gasteiger partial charge in [-0.3, -0.25) is 0 Å². The summed E-state index contributed by atoms with van der Waals surface area (Å²) in [6.07, 6.45) is 1.69. The van der Waals surface area contributed by atoms with Gasteiger partial charge in [-0.15, -0.1) is 0 Å². The van der Waals surface area contributed by atoms with Crippen molar-refractivity contribution in [1.82, 2.24) is 0 Å². The van der Waals surface area contributed by atoms with Crippen molar-refractivity contribution in [1.29, 1.82) is 0 Å². The van der Waals surface area contributed by atoms with Crippen LogP contribution in [0.3, 0.4) is 0 Å². The molecule has 0 amide bonds. The Labute approximate surface area is 94.8 Å². The van der Waals surface area contributed by atoms with E-state index >= 15 is 0 Å². The fourth-order valence-electron chi connectivity index (χ4n) is 1.73. The molecule has 1 aromatic heterocycles. The molecule has 0 aliphatic heterocycles. The van der Waals surface area contributed by atoms with E-state index < -0.39 is 0 Å². The number of rotatable bonds is 3. The number of hydrogen-bond donors (Lipinski definition) is 1. The normalized spacial score (nSPS) is 12.4. The second-order valence-corrected chi connectivity index (χ2v) is 3.71. The van der Waals surface area contributed by atoms with E-state index in [9.17, 15) is 0 Å². The maximum atomic E-state index is 6.17. The first-order valence-corrected chi connectivity index (χ1v) is 5.16. The van der Waals surface area contributed by atoms with Gasteiger partial charge in [0.25, 0.3) is 0 Å². The summed E-state index contributed by atoms with van der Waals surface area (Å²) >= 11 is 0. The highest BCUT2D eigenvalue weighted by Crippen LogP contribution is 2.28. The van der Waals surface area contributed by atoms with Gasteiger partial charge in [-0.2, -0.15) is 0 Å². The lowest BCUT2D eigenvalue weighted by Gasteiger charge is -2.13. The Balaban J connectivity index is 2.36. The van der Waals surface area contributed by atoms with Crippen molar-refractivity contribution in [3.05, 3.63) is 53.5 Å². The fourth-order valence-corrected chi connectivity index (χ4v) is 1.73. The van der Waals surface area contributed by atoms with E-state index in [-0.39, 0.29) is 6.04 Å². The van der Waals surface area contributed by atoms with Gasteiger partial charge >= 0.3 is 0 Å². The molecule has 3 heteroatoms. The molecule has 84 valence electrons. The zero-order chi connectivity index (χ0) is 11.5. The van der Waals surface area contributed by atoms with Crippen LogP contribution >= 0.6 is 0 Å². The van der Waals surface area contributed by atoms with Gasteiger partial charge in [0.15, 0.2) is 0 Å². The lowest BCUT2D eigenvalue weighted by atomic mass is 10.0. The van der Waals surface area contributed by atoms with Crippen LogP contribution in [0.2, 0.25) is 0 Å². The van der Waals surface area contributed by atoms with Crippen LogP contribution < -0.4 is 10.5 Å². The van der Waals surface area contributed by atoms with Gasteiger partial charge in [0, 0.05) is 11.1 Å². The summed E-state index contributed by atoms with van der Waals surface area (Å²) < 4.78 is 10.5. The third-order valence-electron chi connectivity index (χ3n) is 2.58. The Morgan fingerprint density at radius 1 is 1.31 bits per heavy atom. The van der Waals surface area contributed by atoms with Crippen molar-refractivity contribution in [2.75, 3.05) is 7.11 Å². The third-order valence-corrected chi connectivity index (χ3v) is 2.58. The SMILES string of the molecule is COc1ccccc1C(N)c1coc(C)c1. The van der Waals surface area contributed by atoms with Crippen LogP contribution in [0.5, 0.6) is 5.75 Å². The van der Waals surface area contributed by atoms with E-state index in [2.05, 4.69) is 0 Å². The zero-order valence-electron chi connectivity index (χ0n) is 9.44. The van der Waals surface area contributed by atoms with Gasteiger partial charge in [0.1, 0.15) is 11.5 Å². The molecule has 3 nitrogen and oxygen atoms in total. The first-order valence-electron chi connectivity index (χ1n) is 5.16. The number of methoxy groups -OCH3 is 1. The summed E-state index contributed by atoms with van der Waals surface area (Å²) in [5.41, 5.74) is 8.09. The molecule has 0 radical (unpaired) electrons. The molecule has 0 saturated heterocycles. The van der Waals surface area contributed by atoms with E-state index in [1.807, 2.05) is 37.3 Å². The summed E-state index contributed by atoms with van der Waals surface area (Å²) in [6, 6.07) is 9.47. The summed E-state index contributed by atoms with van der Waals surface area (Å²) in [5.74, 6) is 1.66. The Kier molecular flexibility index (Phi) is 2.97. The number of nitrogens with two attached hydrogens (primary N) is 1. The highest BCUT2D eigenvalue weighted by molar-refractivity contribution is 5.40. The molecule has 2 rings (SSSR count). The van der Waals surface area contributed by atoms with E-state index in [1.54, 1.807) is 13.4 Å². The van der Waals surface area contributed by atoms with Crippen LogP contribution in [-0.2, 0) is 0 Å². The molecule has 0 aliphatic rings. The Morgan fingerprint density at radius 3 is 2.69 bits per heavy atom. The van der Waals surface area contributed by atoms with Crippen molar-refractivity contribution in [3.63, 3.8) is 0 Å². The molecular weight excluding hydrogens is 202 g/mol. The van der Waals surface area contributed by atoms with Crippen molar-refractivity contribution in [2.45, 2.75) is 13.0 Å². The highest BCUT2D eigenvalue weighted by Gasteiger charge is 2.14. The van der Waals surface area contributed by atoms with Crippen molar-refractivity contribution >= 4 is 0 Å². The summed E-state index contributed by atoms with van der Waals surface area (Å²) in [4.78, 5) is 0. The smallest absolute Gasteiger partial charge is 0.123 e. The van der Waals surface area contributed by atoms with Gasteiger partial charge < -0.3 is 14.9 Å². The molecule has 0 bridgehead atoms. The maximum absolute atomic E-state index is 6.17. The van der Waals surface area contributed by atoms with Crippen LogP contribution in [0.15, 0.2) is 41.0 Å². The Bertz CT molecular complexity index is 476. The van der Waals surface area contributed by atoms with Gasteiger partial charge in [-0.05, 0) is 19.1 Å². The number of furan rings is 1. The molecule has 0 fully saturated rings. The minimum absolute atomic E-state index is 0.214. The number of aryl methyl sites for hydroxylation is 1. The van der Waals surface area contributed by atoms with Crippen LogP contribution in [0.25, 0.3) is 0 Å². The largest absolute Gasteiger partial charge is 0.496 e. The molecule has 1 unspecified atom stereocenters. The molecule has 2 aromatic rings. The van der Waals surface area contributed by atoms with E-state index in [4.69, 9.17) is 14.9 Å². The number of para-hydroxylation sites is 1. The molecular formula is C13H15NO2. The minimum Gasteiger partial charge on any atom is -0.496 e. The molecule has 0 saturated carbocycles. The molecule has 1 aromatic carbocycles. The summed E-state index contributed by atoms with van der Waals surface area (Å²) in [6.45, 7) is 1.90. The monoisotopic (exact) mass is 217 g/mol. The predicted octanol–water partition coefficient (Wildman–Crippen LogP) is 2.64. The van der Waals surface area contributed by atoms with E-state index in [0.717, 1.165) is 22.6 Å². The second-order valence-electron chi connectivity index (χ2n) is 3.71. The average molecular weight is 217 g/mol. The van der Waals surface area contributed by atoms with Crippen molar-refractivity contribution < 1.29 is 9.15 Å². The van der Waals surface area contributed by atoms with Gasteiger partial charge in [0.2, 0.25) is 0 Å². The first-order chi connectivity index (χ1) is 7.72. The molecule has 1 heterocycles. The average Bonchev–Trinajstić information content (AvgIpc) is 2.75. The second kappa shape index (κ2) is 4.41.